The summed E-state index contributed by atoms with van der Waals surface area (Å²) in [6, 6.07) is 3.83. The topological polar surface area (TPSA) is 80.2 Å². The summed E-state index contributed by atoms with van der Waals surface area (Å²) in [6.45, 7) is 1.74. The first kappa shape index (κ1) is 18.7. The molecule has 3 aromatic rings. The summed E-state index contributed by atoms with van der Waals surface area (Å²) in [4.78, 5) is 13.1. The van der Waals surface area contributed by atoms with Gasteiger partial charge < -0.3 is 15.2 Å². The third-order valence-corrected chi connectivity index (χ3v) is 5.34. The molecule has 0 saturated heterocycles. The van der Waals surface area contributed by atoms with Crippen LogP contribution in [0.2, 0.25) is 0 Å². The van der Waals surface area contributed by atoms with E-state index in [0.29, 0.717) is 26.5 Å². The van der Waals surface area contributed by atoms with Gasteiger partial charge in [-0.3, -0.25) is 0 Å². The number of halogens is 2. The number of aromatic nitrogens is 3. The average molecular weight is 398 g/mol. The maximum absolute atomic E-state index is 13.8. The Balaban J connectivity index is 1.91. The van der Waals surface area contributed by atoms with Crippen molar-refractivity contribution < 1.29 is 18.6 Å². The van der Waals surface area contributed by atoms with E-state index in [2.05, 4.69) is 20.3 Å². The molecule has 2 N–H and O–H groups in total. The molecule has 0 radical (unpaired) electrons. The van der Waals surface area contributed by atoms with Gasteiger partial charge in [-0.25, -0.2) is 18.7 Å². The summed E-state index contributed by atoms with van der Waals surface area (Å²) < 4.78 is 33.0. The maximum Gasteiger partial charge on any atom is 0.275 e. The van der Waals surface area contributed by atoms with Crippen molar-refractivity contribution in [2.24, 2.45) is 0 Å². The van der Waals surface area contributed by atoms with Gasteiger partial charge in [0.15, 0.2) is 28.3 Å². The van der Waals surface area contributed by atoms with Crippen LogP contribution in [0.5, 0.6) is 5.19 Å². The Labute approximate surface area is 156 Å². The molecule has 0 fully saturated rings. The first-order valence-electron chi connectivity index (χ1n) is 7.67. The normalized spacial score (nSPS) is 12.3. The number of nitrogens with zero attached hydrogens (tertiary/aromatic N) is 3. The van der Waals surface area contributed by atoms with Crippen molar-refractivity contribution in [1.29, 1.82) is 0 Å². The second-order valence-corrected chi connectivity index (χ2v) is 7.33. The van der Waals surface area contributed by atoms with Gasteiger partial charge in [0.05, 0.1) is 13.7 Å². The Hall–Kier alpha value is -2.04. The average Bonchev–Trinajstić information content (AvgIpc) is 3.06. The molecule has 0 aliphatic carbocycles. The van der Waals surface area contributed by atoms with Gasteiger partial charge in [0.1, 0.15) is 4.70 Å². The van der Waals surface area contributed by atoms with Crippen molar-refractivity contribution >= 4 is 39.3 Å². The molecule has 10 heteroatoms. The van der Waals surface area contributed by atoms with E-state index in [4.69, 9.17) is 4.74 Å². The summed E-state index contributed by atoms with van der Waals surface area (Å²) in [7, 11) is 1.51. The molecule has 0 spiro atoms. The van der Waals surface area contributed by atoms with Gasteiger partial charge in [0.25, 0.3) is 5.19 Å². The molecule has 0 bridgehead atoms. The molecule has 1 atom stereocenters. The van der Waals surface area contributed by atoms with Gasteiger partial charge in [0, 0.05) is 17.4 Å². The maximum atomic E-state index is 13.8. The Morgan fingerprint density at radius 2 is 2.12 bits per heavy atom. The lowest BCUT2D eigenvalue weighted by atomic mass is 10.2. The van der Waals surface area contributed by atoms with Gasteiger partial charge in [-0.1, -0.05) is 35.2 Å². The molecular formula is C16H16F2N4O2S2. The zero-order valence-electron chi connectivity index (χ0n) is 14.0. The number of thiazole rings is 1. The molecule has 26 heavy (non-hydrogen) atoms. The second kappa shape index (κ2) is 8.11. The number of nitrogens with one attached hydrogen (secondary N) is 1. The van der Waals surface area contributed by atoms with Crippen molar-refractivity contribution in [3.63, 3.8) is 0 Å². The van der Waals surface area contributed by atoms with Gasteiger partial charge in [-0.15, -0.1) is 0 Å². The van der Waals surface area contributed by atoms with Gasteiger partial charge >= 0.3 is 0 Å². The molecule has 1 aromatic carbocycles. The van der Waals surface area contributed by atoms with Crippen LogP contribution in [0.15, 0.2) is 23.4 Å². The molecule has 0 unspecified atom stereocenters. The number of aliphatic hydroxyl groups is 1. The molecule has 2 aromatic heterocycles. The molecule has 6 nitrogen and oxygen atoms in total. The number of benzene rings is 1. The number of thioether (sulfide) groups is 1. The van der Waals surface area contributed by atoms with Crippen LogP contribution in [-0.4, -0.2) is 39.8 Å². The molecule has 3 rings (SSSR count). The van der Waals surface area contributed by atoms with Crippen LogP contribution in [0.3, 0.4) is 0 Å². The molecule has 0 aliphatic heterocycles. The van der Waals surface area contributed by atoms with Crippen molar-refractivity contribution in [2.75, 3.05) is 19.0 Å². The van der Waals surface area contributed by atoms with E-state index >= 15 is 0 Å². The molecule has 0 aliphatic rings. The quantitative estimate of drug-likeness (QED) is 0.466. The van der Waals surface area contributed by atoms with E-state index in [1.54, 1.807) is 6.92 Å². The Morgan fingerprint density at radius 3 is 2.85 bits per heavy atom. The van der Waals surface area contributed by atoms with Crippen LogP contribution in [0, 0.1) is 11.6 Å². The third-order valence-electron chi connectivity index (χ3n) is 3.43. The zero-order chi connectivity index (χ0) is 18.7. The number of aliphatic hydroxyl groups excluding tert-OH is 1. The highest BCUT2D eigenvalue weighted by molar-refractivity contribution is 7.98. The van der Waals surface area contributed by atoms with Crippen LogP contribution in [0.4, 0.5) is 14.6 Å². The SMILES string of the molecule is COc1nc2nc(SCc3cccc(F)c3F)nc(N[C@H](C)CO)c2s1. The number of anilines is 1. The van der Waals surface area contributed by atoms with E-state index in [1.165, 1.54) is 42.3 Å². The number of ether oxygens (including phenoxy) is 1. The number of fused-ring (bicyclic) bond motifs is 1. The predicted octanol–water partition coefficient (Wildman–Crippen LogP) is 3.46. The minimum atomic E-state index is -0.886. The summed E-state index contributed by atoms with van der Waals surface area (Å²) in [5.41, 5.74) is 0.671. The molecule has 138 valence electrons. The molecular weight excluding hydrogens is 382 g/mol. The van der Waals surface area contributed by atoms with Crippen molar-refractivity contribution in [3.8, 4) is 5.19 Å². The second-order valence-electron chi connectivity index (χ2n) is 5.42. The van der Waals surface area contributed by atoms with Crippen LogP contribution < -0.4 is 10.1 Å². The first-order chi connectivity index (χ1) is 12.5. The Bertz CT molecular complexity index is 923. The fourth-order valence-electron chi connectivity index (χ4n) is 2.12. The predicted molar refractivity (Wildman–Crippen MR) is 97.9 cm³/mol. The fraction of sp³-hybridized carbons (Fsp3) is 0.312. The van der Waals surface area contributed by atoms with E-state index in [-0.39, 0.29) is 24.0 Å². The third kappa shape index (κ3) is 4.02. The number of rotatable bonds is 7. The fourth-order valence-corrected chi connectivity index (χ4v) is 3.70. The smallest absolute Gasteiger partial charge is 0.275 e. The molecule has 0 amide bonds. The summed E-state index contributed by atoms with van der Waals surface area (Å²) >= 11 is 2.45. The zero-order valence-corrected chi connectivity index (χ0v) is 15.6. The standard InChI is InChI=1S/C16H16F2N4O2S2/c1-8(6-23)19-13-12-14(22-16(24-2)26-12)21-15(20-13)25-7-9-4-3-5-10(17)11(9)18/h3-5,8,23H,6-7H2,1-2H3,(H,19,20,21)/t8-/m1/s1. The highest BCUT2D eigenvalue weighted by atomic mass is 32.2. The van der Waals surface area contributed by atoms with Crippen molar-refractivity contribution in [2.45, 2.75) is 23.9 Å². The number of hydrogen-bond acceptors (Lipinski definition) is 8. The first-order valence-corrected chi connectivity index (χ1v) is 9.47. The van der Waals surface area contributed by atoms with Crippen molar-refractivity contribution in [3.05, 3.63) is 35.4 Å². The Kier molecular flexibility index (Phi) is 5.84. The van der Waals surface area contributed by atoms with Crippen LogP contribution in [-0.2, 0) is 5.75 Å². The molecule has 2 heterocycles. The summed E-state index contributed by atoms with van der Waals surface area (Å²) in [5.74, 6) is -1.07. The highest BCUT2D eigenvalue weighted by Gasteiger charge is 2.16. The van der Waals surface area contributed by atoms with Gasteiger partial charge in [-0.05, 0) is 13.0 Å². The van der Waals surface area contributed by atoms with Crippen LogP contribution >= 0.6 is 23.1 Å². The summed E-state index contributed by atoms with van der Waals surface area (Å²) in [6.07, 6.45) is 0. The lowest BCUT2D eigenvalue weighted by Crippen LogP contribution is -2.20. The minimum Gasteiger partial charge on any atom is -0.473 e. The molecule has 0 saturated carbocycles. The van der Waals surface area contributed by atoms with Crippen LogP contribution in [0.1, 0.15) is 12.5 Å². The minimum absolute atomic E-state index is 0.0710. The van der Waals surface area contributed by atoms with E-state index in [1.807, 2.05) is 0 Å². The Morgan fingerprint density at radius 1 is 1.31 bits per heavy atom. The highest BCUT2D eigenvalue weighted by Crippen LogP contribution is 2.34. The lowest BCUT2D eigenvalue weighted by molar-refractivity contribution is 0.281. The van der Waals surface area contributed by atoms with E-state index < -0.39 is 11.6 Å². The van der Waals surface area contributed by atoms with Crippen LogP contribution in [0.25, 0.3) is 10.3 Å². The lowest BCUT2D eigenvalue weighted by Gasteiger charge is -2.12. The number of hydrogen-bond donors (Lipinski definition) is 2. The van der Waals surface area contributed by atoms with Gasteiger partial charge in [-0.2, -0.15) is 4.98 Å². The van der Waals surface area contributed by atoms with Crippen molar-refractivity contribution in [1.82, 2.24) is 15.0 Å². The largest absolute Gasteiger partial charge is 0.473 e. The van der Waals surface area contributed by atoms with E-state index in [9.17, 15) is 13.9 Å². The summed E-state index contributed by atoms with van der Waals surface area (Å²) in [5, 5.41) is 13.2. The van der Waals surface area contributed by atoms with Gasteiger partial charge in [0.2, 0.25) is 0 Å². The van der Waals surface area contributed by atoms with E-state index in [0.717, 1.165) is 6.07 Å². The number of methoxy groups -OCH3 is 1. The monoisotopic (exact) mass is 398 g/mol.